The molecule has 0 aliphatic carbocycles. The Morgan fingerprint density at radius 3 is 2.53 bits per heavy atom. The van der Waals surface area contributed by atoms with Gasteiger partial charge in [-0.05, 0) is 35.9 Å². The normalized spacial score (nSPS) is 19.5. The van der Waals surface area contributed by atoms with Gasteiger partial charge in [-0.3, -0.25) is 9.59 Å². The van der Waals surface area contributed by atoms with Crippen LogP contribution in [0.15, 0.2) is 24.3 Å². The first-order valence-corrected chi connectivity index (χ1v) is 5.63. The van der Waals surface area contributed by atoms with E-state index in [0.29, 0.717) is 6.54 Å². The van der Waals surface area contributed by atoms with Crippen LogP contribution in [0.25, 0.3) is 0 Å². The molecule has 1 amide bonds. The number of carbonyl (C=O) groups is 2. The number of amides is 1. The average Bonchev–Trinajstić information content (AvgIpc) is 2.72. The lowest BCUT2D eigenvalue weighted by Gasteiger charge is -2.16. The van der Waals surface area contributed by atoms with E-state index in [2.05, 4.69) is 0 Å². The molecule has 1 atom stereocenters. The van der Waals surface area contributed by atoms with Crippen LogP contribution in [0.2, 0.25) is 0 Å². The van der Waals surface area contributed by atoms with Gasteiger partial charge in [0.2, 0.25) is 11.1 Å². The molecule has 1 saturated heterocycles. The molecule has 4 nitrogen and oxygen atoms in total. The second-order valence-electron chi connectivity index (χ2n) is 3.91. The van der Waals surface area contributed by atoms with Gasteiger partial charge in [0.05, 0.1) is 13.0 Å². The Labute approximate surface area is 104 Å². The van der Waals surface area contributed by atoms with Crippen LogP contribution in [0.4, 0.5) is 5.69 Å². The fourth-order valence-corrected chi connectivity index (χ4v) is 2.02. The molecule has 2 rings (SSSR count). The van der Waals surface area contributed by atoms with Crippen molar-refractivity contribution in [1.29, 1.82) is 0 Å². The number of rotatable bonds is 3. The molecule has 1 heterocycles. The Kier molecular flexibility index (Phi) is 3.33. The van der Waals surface area contributed by atoms with Gasteiger partial charge in [-0.1, -0.05) is 0 Å². The lowest BCUT2D eigenvalue weighted by molar-refractivity contribution is -0.120. The van der Waals surface area contributed by atoms with E-state index in [9.17, 15) is 9.59 Å². The Morgan fingerprint density at radius 2 is 2.06 bits per heavy atom. The van der Waals surface area contributed by atoms with Crippen molar-refractivity contribution in [3.05, 3.63) is 24.3 Å². The highest BCUT2D eigenvalue weighted by Crippen LogP contribution is 2.27. The van der Waals surface area contributed by atoms with Crippen molar-refractivity contribution in [3.8, 4) is 5.75 Å². The summed E-state index contributed by atoms with van der Waals surface area (Å²) in [5.41, 5.74) is 0.760. The summed E-state index contributed by atoms with van der Waals surface area (Å²) in [6.07, 6.45) is 0.189. The summed E-state index contributed by atoms with van der Waals surface area (Å²) in [6.45, 7) is 0.355. The van der Waals surface area contributed by atoms with E-state index in [-0.39, 0.29) is 12.3 Å². The number of carbonyl (C=O) groups excluding carboxylic acids is 2. The van der Waals surface area contributed by atoms with Gasteiger partial charge in [-0.15, -0.1) is 0 Å². The van der Waals surface area contributed by atoms with Gasteiger partial charge >= 0.3 is 0 Å². The number of hydrogen-bond acceptors (Lipinski definition) is 3. The maximum absolute atomic E-state index is 11.7. The Hall–Kier alpha value is -1.55. The van der Waals surface area contributed by atoms with E-state index < -0.39 is 11.2 Å². The van der Waals surface area contributed by atoms with Crippen LogP contribution in [0.5, 0.6) is 5.75 Å². The Bertz CT molecular complexity index is 444. The van der Waals surface area contributed by atoms with E-state index >= 15 is 0 Å². The molecular formula is C12H12ClNO3. The van der Waals surface area contributed by atoms with E-state index in [1.807, 2.05) is 0 Å². The summed E-state index contributed by atoms with van der Waals surface area (Å²) < 4.78 is 5.04. The molecule has 0 bridgehead atoms. The lowest BCUT2D eigenvalue weighted by Crippen LogP contribution is -2.25. The maximum atomic E-state index is 11.7. The van der Waals surface area contributed by atoms with Crippen molar-refractivity contribution in [2.75, 3.05) is 18.6 Å². The Morgan fingerprint density at radius 1 is 1.41 bits per heavy atom. The van der Waals surface area contributed by atoms with Gasteiger partial charge in [0.15, 0.2) is 0 Å². The smallest absolute Gasteiger partial charge is 0.227 e. The van der Waals surface area contributed by atoms with Crippen molar-refractivity contribution < 1.29 is 14.3 Å². The largest absolute Gasteiger partial charge is 0.497 e. The first-order valence-electron chi connectivity index (χ1n) is 5.25. The van der Waals surface area contributed by atoms with Crippen LogP contribution in [-0.2, 0) is 9.59 Å². The molecule has 1 fully saturated rings. The summed E-state index contributed by atoms with van der Waals surface area (Å²) >= 11 is 5.41. The van der Waals surface area contributed by atoms with Crippen LogP contribution in [-0.4, -0.2) is 24.8 Å². The van der Waals surface area contributed by atoms with Gasteiger partial charge in [0, 0.05) is 18.7 Å². The molecule has 1 aliphatic rings. The molecule has 0 spiro atoms. The fraction of sp³-hybridized carbons (Fsp3) is 0.333. The van der Waals surface area contributed by atoms with E-state index in [0.717, 1.165) is 11.4 Å². The summed E-state index contributed by atoms with van der Waals surface area (Å²) in [7, 11) is 1.58. The second-order valence-corrected chi connectivity index (χ2v) is 4.28. The third-order valence-electron chi connectivity index (χ3n) is 2.83. The molecule has 90 valence electrons. The Balaban J connectivity index is 2.17. The maximum Gasteiger partial charge on any atom is 0.227 e. The molecule has 1 aromatic carbocycles. The summed E-state index contributed by atoms with van der Waals surface area (Å²) in [6, 6.07) is 7.13. The predicted molar refractivity (Wildman–Crippen MR) is 64.3 cm³/mol. The minimum atomic E-state index is -0.450. The third kappa shape index (κ3) is 2.42. The zero-order valence-corrected chi connectivity index (χ0v) is 10.1. The minimum Gasteiger partial charge on any atom is -0.497 e. The number of nitrogens with zero attached hydrogens (tertiary/aromatic N) is 1. The first kappa shape index (κ1) is 11.9. The predicted octanol–water partition coefficient (Wildman–Crippen LogP) is 1.81. The van der Waals surface area contributed by atoms with Crippen molar-refractivity contribution in [1.82, 2.24) is 0 Å². The van der Waals surface area contributed by atoms with Crippen molar-refractivity contribution in [2.45, 2.75) is 6.42 Å². The van der Waals surface area contributed by atoms with Gasteiger partial charge in [0.1, 0.15) is 5.75 Å². The van der Waals surface area contributed by atoms with Gasteiger partial charge in [0.25, 0.3) is 0 Å². The van der Waals surface area contributed by atoms with E-state index in [1.165, 1.54) is 0 Å². The number of methoxy groups -OCH3 is 1. The van der Waals surface area contributed by atoms with Crippen LogP contribution in [0.3, 0.4) is 0 Å². The lowest BCUT2D eigenvalue weighted by atomic mass is 10.1. The quantitative estimate of drug-likeness (QED) is 0.772. The van der Waals surface area contributed by atoms with Gasteiger partial charge in [-0.2, -0.15) is 0 Å². The van der Waals surface area contributed by atoms with E-state index in [1.54, 1.807) is 36.3 Å². The highest BCUT2D eigenvalue weighted by molar-refractivity contribution is 6.64. The molecular weight excluding hydrogens is 242 g/mol. The van der Waals surface area contributed by atoms with Crippen LogP contribution >= 0.6 is 11.6 Å². The number of ether oxygens (including phenoxy) is 1. The van der Waals surface area contributed by atoms with Crippen molar-refractivity contribution in [3.63, 3.8) is 0 Å². The van der Waals surface area contributed by atoms with Gasteiger partial charge < -0.3 is 9.64 Å². The fourth-order valence-electron chi connectivity index (χ4n) is 1.87. The van der Waals surface area contributed by atoms with Crippen molar-refractivity contribution in [2.24, 2.45) is 5.92 Å². The topological polar surface area (TPSA) is 46.6 Å². The standard InChI is InChI=1S/C12H12ClNO3/c1-17-10-4-2-9(3-5-10)14-7-8(12(13)16)6-11(14)15/h2-5,8H,6-7H2,1H3. The molecule has 0 radical (unpaired) electrons. The molecule has 0 N–H and O–H groups in total. The molecule has 1 aliphatic heterocycles. The second kappa shape index (κ2) is 4.75. The van der Waals surface area contributed by atoms with Gasteiger partial charge in [-0.25, -0.2) is 0 Å². The summed E-state index contributed by atoms with van der Waals surface area (Å²) in [4.78, 5) is 24.3. The minimum absolute atomic E-state index is 0.0748. The summed E-state index contributed by atoms with van der Waals surface area (Å²) in [5, 5.41) is -0.450. The van der Waals surface area contributed by atoms with Crippen molar-refractivity contribution >= 4 is 28.4 Å². The highest BCUT2D eigenvalue weighted by atomic mass is 35.5. The monoisotopic (exact) mass is 253 g/mol. The molecule has 0 saturated carbocycles. The zero-order valence-electron chi connectivity index (χ0n) is 9.35. The molecule has 1 unspecified atom stereocenters. The zero-order chi connectivity index (χ0) is 12.4. The third-order valence-corrected chi connectivity index (χ3v) is 3.14. The van der Waals surface area contributed by atoms with Crippen LogP contribution in [0, 0.1) is 5.92 Å². The molecule has 0 aromatic heterocycles. The van der Waals surface area contributed by atoms with Crippen LogP contribution < -0.4 is 9.64 Å². The molecule has 5 heteroatoms. The molecule has 1 aromatic rings. The molecule has 17 heavy (non-hydrogen) atoms. The number of benzene rings is 1. The number of hydrogen-bond donors (Lipinski definition) is 0. The first-order chi connectivity index (χ1) is 8.11. The van der Waals surface area contributed by atoms with Crippen LogP contribution in [0.1, 0.15) is 6.42 Å². The number of anilines is 1. The van der Waals surface area contributed by atoms with E-state index in [4.69, 9.17) is 16.3 Å². The summed E-state index contributed by atoms with van der Waals surface area (Å²) in [5.74, 6) is 0.255. The highest BCUT2D eigenvalue weighted by Gasteiger charge is 2.34. The average molecular weight is 254 g/mol. The SMILES string of the molecule is COc1ccc(N2CC(C(=O)Cl)CC2=O)cc1. The number of halogens is 1.